The number of hydrogen-bond acceptors (Lipinski definition) is 4. The molecule has 3 aromatic heterocycles. The van der Waals surface area contributed by atoms with E-state index in [4.69, 9.17) is 0 Å². The van der Waals surface area contributed by atoms with Crippen LogP contribution in [0, 0.1) is 0 Å². The molecule has 0 aliphatic rings. The highest BCUT2D eigenvalue weighted by molar-refractivity contribution is 5.83. The molecule has 0 unspecified atom stereocenters. The summed E-state index contributed by atoms with van der Waals surface area (Å²) in [5.41, 5.74) is 5.99. The molecule has 3 heterocycles. The molecule has 158 valence electrons. The summed E-state index contributed by atoms with van der Waals surface area (Å²) in [5, 5.41) is 0. The van der Waals surface area contributed by atoms with Gasteiger partial charge in [-0.2, -0.15) is 0 Å². The zero-order valence-corrected chi connectivity index (χ0v) is 17.5. The van der Waals surface area contributed by atoms with Crippen molar-refractivity contribution in [2.45, 2.75) is 64.2 Å². The Hall–Kier alpha value is -3.02. The van der Waals surface area contributed by atoms with Crippen LogP contribution in [0.5, 0.6) is 0 Å². The van der Waals surface area contributed by atoms with Gasteiger partial charge in [0.1, 0.15) is 6.33 Å². The second-order valence-corrected chi connectivity index (χ2v) is 7.60. The van der Waals surface area contributed by atoms with Crippen LogP contribution in [0.15, 0.2) is 61.4 Å². The maximum Gasteiger partial charge on any atom is 0.238 e. The van der Waals surface area contributed by atoms with Crippen LogP contribution in [0.25, 0.3) is 11.4 Å². The number of carbonyl (C=O) groups excluding carboxylic acids is 1. The fourth-order valence-corrected chi connectivity index (χ4v) is 3.48. The van der Waals surface area contributed by atoms with Crippen LogP contribution in [-0.4, -0.2) is 25.5 Å². The first kappa shape index (κ1) is 21.7. The van der Waals surface area contributed by atoms with Gasteiger partial charge in [0, 0.05) is 31.2 Å². The molecule has 0 fully saturated rings. The SMILES string of the molecule is O=C(CCCCCCCCCCc1ccnc(-c2ccccn2)c1)Nn1ccnc1. The minimum atomic E-state index is 0.0512. The van der Waals surface area contributed by atoms with Crippen molar-refractivity contribution in [3.8, 4) is 11.4 Å². The Labute approximate surface area is 178 Å². The molecule has 3 rings (SSSR count). The van der Waals surface area contributed by atoms with Gasteiger partial charge in [-0.15, -0.1) is 0 Å². The van der Waals surface area contributed by atoms with E-state index < -0.39 is 0 Å². The number of pyridine rings is 2. The lowest BCUT2D eigenvalue weighted by atomic mass is 10.0. The second-order valence-electron chi connectivity index (χ2n) is 7.60. The topological polar surface area (TPSA) is 72.7 Å². The molecule has 1 amide bonds. The van der Waals surface area contributed by atoms with E-state index in [0.717, 1.165) is 30.7 Å². The number of aryl methyl sites for hydroxylation is 1. The maximum absolute atomic E-state index is 11.8. The van der Waals surface area contributed by atoms with Gasteiger partial charge in [-0.1, -0.05) is 44.6 Å². The predicted octanol–water partition coefficient (Wildman–Crippen LogP) is 5.16. The van der Waals surface area contributed by atoms with E-state index in [9.17, 15) is 4.79 Å². The van der Waals surface area contributed by atoms with E-state index in [0.29, 0.717) is 6.42 Å². The Morgan fingerprint density at radius 3 is 2.33 bits per heavy atom. The third kappa shape index (κ3) is 7.78. The molecule has 0 radical (unpaired) electrons. The van der Waals surface area contributed by atoms with Gasteiger partial charge >= 0.3 is 0 Å². The Bertz CT molecular complexity index is 864. The highest BCUT2D eigenvalue weighted by atomic mass is 16.2. The first-order valence-electron chi connectivity index (χ1n) is 11.0. The lowest BCUT2D eigenvalue weighted by molar-refractivity contribution is -0.117. The van der Waals surface area contributed by atoms with E-state index in [1.165, 1.54) is 44.1 Å². The van der Waals surface area contributed by atoms with Gasteiger partial charge < -0.3 is 0 Å². The van der Waals surface area contributed by atoms with Crippen LogP contribution in [0.4, 0.5) is 0 Å². The number of nitrogens with zero attached hydrogens (tertiary/aromatic N) is 4. The third-order valence-electron chi connectivity index (χ3n) is 5.13. The first-order chi connectivity index (χ1) is 14.8. The molecular formula is C24H31N5O. The van der Waals surface area contributed by atoms with Crippen molar-refractivity contribution in [2.24, 2.45) is 0 Å². The number of aromatic nitrogens is 4. The molecule has 0 saturated heterocycles. The Balaban J connectivity index is 1.19. The van der Waals surface area contributed by atoms with Crippen LogP contribution < -0.4 is 5.43 Å². The molecule has 0 aliphatic carbocycles. The molecule has 6 nitrogen and oxygen atoms in total. The highest BCUT2D eigenvalue weighted by Gasteiger charge is 2.03. The van der Waals surface area contributed by atoms with E-state index in [1.807, 2.05) is 24.4 Å². The predicted molar refractivity (Wildman–Crippen MR) is 119 cm³/mol. The lowest BCUT2D eigenvalue weighted by Crippen LogP contribution is -2.20. The van der Waals surface area contributed by atoms with Crippen LogP contribution in [0.2, 0.25) is 0 Å². The average molecular weight is 406 g/mol. The highest BCUT2D eigenvalue weighted by Crippen LogP contribution is 2.17. The van der Waals surface area contributed by atoms with Crippen molar-refractivity contribution in [2.75, 3.05) is 5.43 Å². The van der Waals surface area contributed by atoms with Crippen LogP contribution in [0.1, 0.15) is 63.4 Å². The molecular weight excluding hydrogens is 374 g/mol. The summed E-state index contributed by atoms with van der Waals surface area (Å²) in [6.45, 7) is 0. The largest absolute Gasteiger partial charge is 0.273 e. The quantitative estimate of drug-likeness (QED) is 0.399. The molecule has 1 N–H and O–H groups in total. The number of rotatable bonds is 13. The summed E-state index contributed by atoms with van der Waals surface area (Å²) in [6, 6.07) is 10.2. The molecule has 0 aromatic carbocycles. The van der Waals surface area contributed by atoms with Gasteiger partial charge in [-0.05, 0) is 49.1 Å². The lowest BCUT2D eigenvalue weighted by Gasteiger charge is -2.06. The summed E-state index contributed by atoms with van der Waals surface area (Å²) in [7, 11) is 0. The first-order valence-corrected chi connectivity index (χ1v) is 11.0. The monoisotopic (exact) mass is 405 g/mol. The average Bonchev–Trinajstić information content (AvgIpc) is 3.29. The minimum absolute atomic E-state index is 0.0512. The third-order valence-corrected chi connectivity index (χ3v) is 5.13. The van der Waals surface area contributed by atoms with Gasteiger partial charge in [0.25, 0.3) is 0 Å². The Kier molecular flexibility index (Phi) is 9.05. The van der Waals surface area contributed by atoms with Gasteiger partial charge in [-0.3, -0.25) is 20.2 Å². The molecule has 30 heavy (non-hydrogen) atoms. The van der Waals surface area contributed by atoms with Gasteiger partial charge in [-0.25, -0.2) is 9.66 Å². The molecule has 0 atom stereocenters. The second kappa shape index (κ2) is 12.5. The molecule has 6 heteroatoms. The minimum Gasteiger partial charge on any atom is -0.273 e. The Morgan fingerprint density at radius 1 is 0.833 bits per heavy atom. The van der Waals surface area contributed by atoms with Crippen molar-refractivity contribution < 1.29 is 4.79 Å². The van der Waals surface area contributed by atoms with Crippen LogP contribution in [0.3, 0.4) is 0 Å². The number of unbranched alkanes of at least 4 members (excludes halogenated alkanes) is 7. The van der Waals surface area contributed by atoms with Crippen LogP contribution in [-0.2, 0) is 11.2 Å². The smallest absolute Gasteiger partial charge is 0.238 e. The number of nitrogens with one attached hydrogen (secondary N) is 1. The van der Waals surface area contributed by atoms with Gasteiger partial charge in [0.2, 0.25) is 5.91 Å². The molecule has 0 aliphatic heterocycles. The standard InChI is InChI=1S/C24H31N5O/c30-24(28-29-18-17-25-20-29)13-8-6-4-2-1-3-5-7-11-21-14-16-27-23(19-21)22-12-9-10-15-26-22/h9-10,12,14-20H,1-8,11,13H2,(H,28,30). The van der Waals surface area contributed by atoms with Crippen molar-refractivity contribution in [3.05, 3.63) is 67.0 Å². The zero-order chi connectivity index (χ0) is 20.9. The van der Waals surface area contributed by atoms with E-state index >= 15 is 0 Å². The summed E-state index contributed by atoms with van der Waals surface area (Å²) in [5.74, 6) is 0.0512. The number of imidazole rings is 1. The molecule has 0 bridgehead atoms. The van der Waals surface area contributed by atoms with E-state index in [1.54, 1.807) is 29.6 Å². The summed E-state index contributed by atoms with van der Waals surface area (Å²) < 4.78 is 1.59. The van der Waals surface area contributed by atoms with Gasteiger partial charge in [0.05, 0.1) is 11.4 Å². The van der Waals surface area contributed by atoms with Crippen molar-refractivity contribution >= 4 is 5.91 Å². The maximum atomic E-state index is 11.8. The fraction of sp³-hybridized carbons (Fsp3) is 0.417. The summed E-state index contributed by atoms with van der Waals surface area (Å²) in [6.07, 6.45) is 19.9. The van der Waals surface area contributed by atoms with Gasteiger partial charge in [0.15, 0.2) is 0 Å². The fourth-order valence-electron chi connectivity index (χ4n) is 3.48. The molecule has 0 spiro atoms. The summed E-state index contributed by atoms with van der Waals surface area (Å²) in [4.78, 5) is 24.5. The number of hydrogen-bond donors (Lipinski definition) is 1. The van der Waals surface area contributed by atoms with Crippen molar-refractivity contribution in [3.63, 3.8) is 0 Å². The molecule has 3 aromatic rings. The molecule has 0 saturated carbocycles. The summed E-state index contributed by atoms with van der Waals surface area (Å²) >= 11 is 0. The Morgan fingerprint density at radius 2 is 1.60 bits per heavy atom. The van der Waals surface area contributed by atoms with Crippen molar-refractivity contribution in [1.82, 2.24) is 19.6 Å². The van der Waals surface area contributed by atoms with E-state index in [-0.39, 0.29) is 5.91 Å². The normalized spacial score (nSPS) is 10.8. The van der Waals surface area contributed by atoms with Crippen LogP contribution >= 0.6 is 0 Å². The van der Waals surface area contributed by atoms with E-state index in [2.05, 4.69) is 32.5 Å². The zero-order valence-electron chi connectivity index (χ0n) is 17.5. The van der Waals surface area contributed by atoms with Crippen molar-refractivity contribution in [1.29, 1.82) is 0 Å². The number of carbonyl (C=O) groups is 1. The number of amides is 1.